The molecule has 2 atom stereocenters. The second-order valence-corrected chi connectivity index (χ2v) is 8.81. The zero-order chi connectivity index (χ0) is 19.1. The van der Waals surface area contributed by atoms with Crippen LogP contribution in [0.25, 0.3) is 0 Å². The Hall–Kier alpha value is -1.87. The lowest BCUT2D eigenvalue weighted by Crippen LogP contribution is -2.32. The Kier molecular flexibility index (Phi) is 6.36. The highest BCUT2D eigenvalue weighted by molar-refractivity contribution is 7.89. The average Bonchev–Trinajstić information content (AvgIpc) is 3.19. The number of nitrogens with zero attached hydrogens (tertiary/aromatic N) is 3. The van der Waals surface area contributed by atoms with Crippen molar-refractivity contribution in [3.63, 3.8) is 0 Å². The van der Waals surface area contributed by atoms with Crippen LogP contribution in [0, 0.1) is 0 Å². The molecule has 0 unspecified atom stereocenters. The minimum absolute atomic E-state index is 0. The normalized spacial score (nSPS) is 20.3. The summed E-state index contributed by atoms with van der Waals surface area (Å²) < 4.78 is 29.0. The van der Waals surface area contributed by atoms with Crippen molar-refractivity contribution < 1.29 is 13.2 Å². The minimum Gasteiger partial charge on any atom is -0.345 e. The summed E-state index contributed by atoms with van der Waals surface area (Å²) in [6.45, 7) is 0.590. The molecule has 3 rings (SSSR count). The summed E-state index contributed by atoms with van der Waals surface area (Å²) in [4.78, 5) is 13.7. The Morgan fingerprint density at radius 1 is 1.19 bits per heavy atom. The molecule has 7 nitrogen and oxygen atoms in total. The highest BCUT2D eigenvalue weighted by Crippen LogP contribution is 2.31. The highest BCUT2D eigenvalue weighted by Gasteiger charge is 2.39. The van der Waals surface area contributed by atoms with Crippen LogP contribution in [-0.4, -0.2) is 61.3 Å². The lowest BCUT2D eigenvalue weighted by molar-refractivity contribution is 0.0818. The van der Waals surface area contributed by atoms with Gasteiger partial charge in [-0.25, -0.2) is 8.42 Å². The molecule has 0 saturated carbocycles. The van der Waals surface area contributed by atoms with E-state index in [1.807, 2.05) is 30.3 Å². The van der Waals surface area contributed by atoms with E-state index in [-0.39, 0.29) is 41.7 Å². The van der Waals surface area contributed by atoms with E-state index in [0.717, 1.165) is 5.56 Å². The standard InChI is InChI=1S/C18H24N4O3S.ClH/c1-20(2)18(23)17-9-14(10-21(17)3)26(24,25)22-11-15(16(19)12-22)13-7-5-4-6-8-13;/h4-10,15-16H,11-12,19H2,1-3H3;1H/t15-,16+;/m0./s1. The van der Waals surface area contributed by atoms with Crippen LogP contribution < -0.4 is 5.73 Å². The molecule has 1 saturated heterocycles. The fourth-order valence-corrected chi connectivity index (χ4v) is 4.88. The summed E-state index contributed by atoms with van der Waals surface area (Å²) in [6, 6.07) is 10.9. The van der Waals surface area contributed by atoms with E-state index in [4.69, 9.17) is 5.73 Å². The molecular formula is C18H25ClN4O3S. The second-order valence-electron chi connectivity index (χ2n) is 6.87. The lowest BCUT2D eigenvalue weighted by Gasteiger charge is -2.15. The van der Waals surface area contributed by atoms with Crippen LogP contribution in [-0.2, 0) is 17.1 Å². The van der Waals surface area contributed by atoms with Gasteiger partial charge in [0.05, 0.1) is 0 Å². The van der Waals surface area contributed by atoms with Crippen LogP contribution in [0.3, 0.4) is 0 Å². The fourth-order valence-electron chi connectivity index (χ4n) is 3.31. The molecule has 27 heavy (non-hydrogen) atoms. The van der Waals surface area contributed by atoms with Gasteiger partial charge in [-0.2, -0.15) is 4.31 Å². The molecular weight excluding hydrogens is 388 g/mol. The number of hydrogen-bond acceptors (Lipinski definition) is 4. The van der Waals surface area contributed by atoms with Gasteiger partial charge in [0.15, 0.2) is 0 Å². The predicted octanol–water partition coefficient (Wildman–Crippen LogP) is 1.26. The zero-order valence-electron chi connectivity index (χ0n) is 15.6. The average molecular weight is 413 g/mol. The first-order valence-corrected chi connectivity index (χ1v) is 9.84. The van der Waals surface area contributed by atoms with E-state index in [1.165, 1.54) is 21.5 Å². The van der Waals surface area contributed by atoms with Crippen molar-refractivity contribution in [3.8, 4) is 0 Å². The van der Waals surface area contributed by atoms with Crippen molar-refractivity contribution in [2.45, 2.75) is 16.9 Å². The van der Waals surface area contributed by atoms with Gasteiger partial charge >= 0.3 is 0 Å². The molecule has 148 valence electrons. The van der Waals surface area contributed by atoms with Crippen LogP contribution in [0.5, 0.6) is 0 Å². The lowest BCUT2D eigenvalue weighted by atomic mass is 9.95. The van der Waals surface area contributed by atoms with Crippen molar-refractivity contribution in [3.05, 3.63) is 53.9 Å². The number of aromatic nitrogens is 1. The van der Waals surface area contributed by atoms with E-state index in [2.05, 4.69) is 0 Å². The van der Waals surface area contributed by atoms with Crippen molar-refractivity contribution in [1.82, 2.24) is 13.8 Å². The summed E-state index contributed by atoms with van der Waals surface area (Å²) in [7, 11) is 1.22. The SMILES string of the molecule is CN(C)C(=O)c1cc(S(=O)(=O)N2C[C@@H](N)[C@H](c3ccccc3)C2)cn1C.Cl. The predicted molar refractivity (Wildman–Crippen MR) is 107 cm³/mol. The first kappa shape index (κ1) is 21.4. The van der Waals surface area contributed by atoms with Crippen LogP contribution in [0.15, 0.2) is 47.5 Å². The fraction of sp³-hybridized carbons (Fsp3) is 0.389. The quantitative estimate of drug-likeness (QED) is 0.818. The number of aryl methyl sites for hydroxylation is 1. The summed E-state index contributed by atoms with van der Waals surface area (Å²) in [5, 5.41) is 0. The third-order valence-electron chi connectivity index (χ3n) is 4.80. The smallest absolute Gasteiger partial charge is 0.269 e. The second kappa shape index (κ2) is 8.02. The Bertz CT molecular complexity index is 912. The zero-order valence-corrected chi connectivity index (χ0v) is 17.2. The van der Waals surface area contributed by atoms with Crippen molar-refractivity contribution in [1.29, 1.82) is 0 Å². The molecule has 1 amide bonds. The van der Waals surface area contributed by atoms with E-state index in [0.29, 0.717) is 12.2 Å². The number of carbonyl (C=O) groups is 1. The monoisotopic (exact) mass is 412 g/mol. The molecule has 0 aliphatic carbocycles. The summed E-state index contributed by atoms with van der Waals surface area (Å²) >= 11 is 0. The Morgan fingerprint density at radius 3 is 2.41 bits per heavy atom. The number of sulfonamides is 1. The molecule has 1 aliphatic heterocycles. The summed E-state index contributed by atoms with van der Waals surface area (Å²) in [6.07, 6.45) is 1.48. The molecule has 2 N–H and O–H groups in total. The number of halogens is 1. The number of rotatable bonds is 4. The first-order valence-electron chi connectivity index (χ1n) is 8.40. The van der Waals surface area contributed by atoms with Crippen LogP contribution in [0.4, 0.5) is 0 Å². The summed E-state index contributed by atoms with van der Waals surface area (Å²) in [5.74, 6) is -0.285. The topological polar surface area (TPSA) is 88.6 Å². The number of carbonyl (C=O) groups excluding carboxylic acids is 1. The van der Waals surface area contributed by atoms with Gasteiger partial charge in [0.1, 0.15) is 10.6 Å². The van der Waals surface area contributed by atoms with Gasteiger partial charge in [-0.05, 0) is 11.6 Å². The van der Waals surface area contributed by atoms with E-state index < -0.39 is 10.0 Å². The molecule has 0 spiro atoms. The van der Waals surface area contributed by atoms with Crippen LogP contribution in [0.1, 0.15) is 22.0 Å². The molecule has 1 aliphatic rings. The van der Waals surface area contributed by atoms with Gasteiger partial charge in [0.2, 0.25) is 10.0 Å². The Balaban J connectivity index is 0.00000261. The first-order chi connectivity index (χ1) is 12.2. The molecule has 1 aromatic carbocycles. The Labute approximate surface area is 166 Å². The van der Waals surface area contributed by atoms with Crippen LogP contribution >= 0.6 is 12.4 Å². The number of hydrogen-bond donors (Lipinski definition) is 1. The van der Waals surface area contributed by atoms with Gasteiger partial charge in [0, 0.05) is 52.4 Å². The molecule has 0 radical (unpaired) electrons. The molecule has 9 heteroatoms. The maximum Gasteiger partial charge on any atom is 0.269 e. The maximum absolute atomic E-state index is 13.0. The van der Waals surface area contributed by atoms with Crippen LogP contribution in [0.2, 0.25) is 0 Å². The van der Waals surface area contributed by atoms with E-state index in [9.17, 15) is 13.2 Å². The minimum atomic E-state index is -3.71. The number of benzene rings is 1. The Morgan fingerprint density at radius 2 is 1.81 bits per heavy atom. The largest absolute Gasteiger partial charge is 0.345 e. The van der Waals surface area contributed by atoms with Crippen molar-refractivity contribution in [2.24, 2.45) is 12.8 Å². The van der Waals surface area contributed by atoms with Gasteiger partial charge in [-0.1, -0.05) is 30.3 Å². The molecule has 1 fully saturated rings. The van der Waals surface area contributed by atoms with Gasteiger partial charge in [-0.15, -0.1) is 12.4 Å². The molecule has 1 aromatic heterocycles. The van der Waals surface area contributed by atoms with Crippen molar-refractivity contribution >= 4 is 28.3 Å². The van der Waals surface area contributed by atoms with Gasteiger partial charge < -0.3 is 15.2 Å². The molecule has 2 heterocycles. The van der Waals surface area contributed by atoms with E-state index >= 15 is 0 Å². The highest BCUT2D eigenvalue weighted by atomic mass is 35.5. The number of nitrogens with two attached hydrogens (primary N) is 1. The third kappa shape index (κ3) is 4.03. The maximum atomic E-state index is 13.0. The molecule has 0 bridgehead atoms. The number of amides is 1. The van der Waals surface area contributed by atoms with Gasteiger partial charge in [-0.3, -0.25) is 4.79 Å². The van der Waals surface area contributed by atoms with E-state index in [1.54, 1.807) is 25.7 Å². The molecule has 2 aromatic rings. The van der Waals surface area contributed by atoms with Crippen molar-refractivity contribution in [2.75, 3.05) is 27.2 Å². The van der Waals surface area contributed by atoms with Gasteiger partial charge in [0.25, 0.3) is 5.91 Å². The third-order valence-corrected chi connectivity index (χ3v) is 6.60. The summed E-state index contributed by atoms with van der Waals surface area (Å²) in [5.41, 5.74) is 7.59.